The van der Waals surface area contributed by atoms with Crippen LogP contribution >= 0.6 is 0 Å². The van der Waals surface area contributed by atoms with Crippen molar-refractivity contribution in [2.75, 3.05) is 0 Å². The van der Waals surface area contributed by atoms with Crippen LogP contribution in [0.15, 0.2) is 0 Å². The third-order valence-electron chi connectivity index (χ3n) is 5.59. The van der Waals surface area contributed by atoms with Crippen molar-refractivity contribution < 1.29 is 43.7 Å². The molecule has 0 aliphatic heterocycles. The van der Waals surface area contributed by atoms with Gasteiger partial charge < -0.3 is 29.3 Å². The average Bonchev–Trinajstić information content (AvgIpc) is 2.78. The van der Waals surface area contributed by atoms with E-state index in [2.05, 4.69) is 0 Å². The number of hydrogen-bond donors (Lipinski definition) is 3. The summed E-state index contributed by atoms with van der Waals surface area (Å²) in [6, 6.07) is 0. The standard InChI is InChI=1S/C24H45BO9/c1-4-7-10-19(13-16-22(26)27)32-25(33-20(11-8-5-2)14-17-23(28)29)34-21(12-9-6-3)15-18-24(30)31/h19-21H,4-18H2,1-3H3,(H,26,27)(H,28,29)(H,30,31). The third-order valence-corrected chi connectivity index (χ3v) is 5.59. The summed E-state index contributed by atoms with van der Waals surface area (Å²) in [6.45, 7) is 6.12. The highest BCUT2D eigenvalue weighted by Gasteiger charge is 2.32. The van der Waals surface area contributed by atoms with E-state index in [1.807, 2.05) is 20.8 Å². The Balaban J connectivity index is 5.57. The molecule has 9 nitrogen and oxygen atoms in total. The molecule has 0 aromatic rings. The van der Waals surface area contributed by atoms with Crippen molar-refractivity contribution >= 4 is 25.2 Å². The predicted molar refractivity (Wildman–Crippen MR) is 130 cm³/mol. The van der Waals surface area contributed by atoms with Crippen molar-refractivity contribution in [1.82, 2.24) is 0 Å². The summed E-state index contributed by atoms with van der Waals surface area (Å²) in [5.74, 6) is -2.73. The van der Waals surface area contributed by atoms with E-state index in [9.17, 15) is 14.4 Å². The smallest absolute Gasteiger partial charge is 0.481 e. The first-order valence-corrected chi connectivity index (χ1v) is 12.8. The van der Waals surface area contributed by atoms with Gasteiger partial charge in [0.05, 0.1) is 0 Å². The minimum atomic E-state index is -1.11. The fraction of sp³-hybridized carbons (Fsp3) is 0.875. The van der Waals surface area contributed by atoms with E-state index in [-0.39, 0.29) is 19.3 Å². The van der Waals surface area contributed by atoms with Crippen LogP contribution in [0.5, 0.6) is 0 Å². The summed E-state index contributed by atoms with van der Waals surface area (Å²) < 4.78 is 18.4. The van der Waals surface area contributed by atoms with Gasteiger partial charge in [0.1, 0.15) is 0 Å². The normalized spacial score (nSPS) is 13.9. The lowest BCUT2D eigenvalue weighted by Gasteiger charge is -2.28. The molecule has 34 heavy (non-hydrogen) atoms. The summed E-state index contributed by atoms with van der Waals surface area (Å²) in [5.41, 5.74) is 0. The van der Waals surface area contributed by atoms with E-state index in [1.165, 1.54) is 0 Å². The first-order valence-electron chi connectivity index (χ1n) is 12.8. The molecule has 3 N–H and O–H groups in total. The fourth-order valence-corrected chi connectivity index (χ4v) is 3.56. The van der Waals surface area contributed by atoms with Gasteiger partial charge >= 0.3 is 25.2 Å². The molecule has 0 heterocycles. The quantitative estimate of drug-likeness (QED) is 0.155. The maximum atomic E-state index is 11.1. The summed E-state index contributed by atoms with van der Waals surface area (Å²) in [4.78, 5) is 33.4. The Labute approximate surface area is 204 Å². The maximum Gasteiger partial charge on any atom is 0.640 e. The lowest BCUT2D eigenvalue weighted by Crippen LogP contribution is -2.39. The van der Waals surface area contributed by atoms with Crippen molar-refractivity contribution in [2.45, 2.75) is 135 Å². The molecule has 0 bridgehead atoms. The second-order valence-corrected chi connectivity index (χ2v) is 8.79. The van der Waals surface area contributed by atoms with Gasteiger partial charge in [-0.05, 0) is 38.5 Å². The largest absolute Gasteiger partial charge is 0.640 e. The van der Waals surface area contributed by atoms with Gasteiger partial charge in [-0.2, -0.15) is 0 Å². The minimum Gasteiger partial charge on any atom is -0.481 e. The zero-order valence-electron chi connectivity index (χ0n) is 21.2. The van der Waals surface area contributed by atoms with Gasteiger partial charge in [0.15, 0.2) is 0 Å². The van der Waals surface area contributed by atoms with Gasteiger partial charge in [0.2, 0.25) is 0 Å². The molecule has 0 amide bonds. The highest BCUT2D eigenvalue weighted by Crippen LogP contribution is 2.21. The number of aliphatic carboxylic acids is 3. The molecule has 0 radical (unpaired) electrons. The van der Waals surface area contributed by atoms with Gasteiger partial charge in [-0.3, -0.25) is 14.4 Å². The minimum absolute atomic E-state index is 0.0440. The molecule has 0 rings (SSSR count). The van der Waals surface area contributed by atoms with E-state index in [4.69, 9.17) is 29.3 Å². The highest BCUT2D eigenvalue weighted by molar-refractivity contribution is 6.36. The molecule has 0 aliphatic rings. The Morgan fingerprint density at radius 1 is 0.559 bits per heavy atom. The second-order valence-electron chi connectivity index (χ2n) is 8.79. The third kappa shape index (κ3) is 18.7. The van der Waals surface area contributed by atoms with Gasteiger partial charge in [0, 0.05) is 37.6 Å². The van der Waals surface area contributed by atoms with Crippen LogP contribution in [0.3, 0.4) is 0 Å². The van der Waals surface area contributed by atoms with Gasteiger partial charge in [-0.25, -0.2) is 0 Å². The predicted octanol–water partition coefficient (Wildman–Crippen LogP) is 5.29. The van der Waals surface area contributed by atoms with Crippen LogP contribution in [0.1, 0.15) is 117 Å². The van der Waals surface area contributed by atoms with Crippen LogP contribution in [-0.4, -0.2) is 58.9 Å². The zero-order chi connectivity index (χ0) is 25.8. The van der Waals surface area contributed by atoms with Crippen LogP contribution in [0.2, 0.25) is 0 Å². The maximum absolute atomic E-state index is 11.1. The molecule has 3 unspecified atom stereocenters. The molecule has 198 valence electrons. The molecule has 3 atom stereocenters. The molecule has 0 saturated carbocycles. The van der Waals surface area contributed by atoms with Crippen LogP contribution < -0.4 is 0 Å². The second kappa shape index (κ2) is 20.7. The van der Waals surface area contributed by atoms with E-state index >= 15 is 0 Å². The van der Waals surface area contributed by atoms with Crippen molar-refractivity contribution in [3.63, 3.8) is 0 Å². The van der Waals surface area contributed by atoms with Crippen LogP contribution in [0.25, 0.3) is 0 Å². The molecule has 0 aromatic carbocycles. The monoisotopic (exact) mass is 488 g/mol. The van der Waals surface area contributed by atoms with E-state index < -0.39 is 43.5 Å². The first-order chi connectivity index (χ1) is 16.2. The zero-order valence-corrected chi connectivity index (χ0v) is 21.2. The molecule has 10 heteroatoms. The van der Waals surface area contributed by atoms with Crippen LogP contribution in [0.4, 0.5) is 0 Å². The Morgan fingerprint density at radius 2 is 0.824 bits per heavy atom. The van der Waals surface area contributed by atoms with Crippen LogP contribution in [0, 0.1) is 0 Å². The first kappa shape index (κ1) is 32.4. The van der Waals surface area contributed by atoms with Crippen molar-refractivity contribution in [1.29, 1.82) is 0 Å². The molecular formula is C24H45BO9. The number of carboxylic acid groups (broad SMARTS) is 3. The summed E-state index contributed by atoms with van der Waals surface area (Å²) in [6.07, 6.45) is 6.91. The van der Waals surface area contributed by atoms with Gasteiger partial charge in [0.25, 0.3) is 0 Å². The Kier molecular flexibility index (Phi) is 19.7. The van der Waals surface area contributed by atoms with Crippen molar-refractivity contribution in [2.24, 2.45) is 0 Å². The lowest BCUT2D eigenvalue weighted by molar-refractivity contribution is -0.138. The Hall–Kier alpha value is -1.65. The van der Waals surface area contributed by atoms with E-state index in [1.54, 1.807) is 0 Å². The van der Waals surface area contributed by atoms with E-state index in [0.717, 1.165) is 38.5 Å². The number of carboxylic acids is 3. The Bertz CT molecular complexity index is 482. The highest BCUT2D eigenvalue weighted by atomic mass is 16.7. The lowest BCUT2D eigenvalue weighted by atomic mass is 10.0. The summed E-state index contributed by atoms with van der Waals surface area (Å²) in [5, 5.41) is 27.4. The molecular weight excluding hydrogens is 443 g/mol. The topological polar surface area (TPSA) is 140 Å². The fourth-order valence-electron chi connectivity index (χ4n) is 3.56. The Morgan fingerprint density at radius 3 is 1.03 bits per heavy atom. The van der Waals surface area contributed by atoms with Crippen molar-refractivity contribution in [3.8, 4) is 0 Å². The van der Waals surface area contributed by atoms with E-state index in [0.29, 0.717) is 38.5 Å². The molecule has 0 saturated heterocycles. The van der Waals surface area contributed by atoms with Gasteiger partial charge in [-0.15, -0.1) is 0 Å². The number of unbranched alkanes of at least 4 members (excludes halogenated alkanes) is 3. The SMILES string of the molecule is CCCCC(CCC(=O)O)OB(OC(CCCC)CCC(=O)O)OC(CCCC)CCC(=O)O. The molecule has 0 aromatic heterocycles. The number of hydrogen-bond acceptors (Lipinski definition) is 6. The number of carbonyl (C=O) groups is 3. The van der Waals surface area contributed by atoms with Gasteiger partial charge in [-0.1, -0.05) is 59.3 Å². The van der Waals surface area contributed by atoms with Crippen molar-refractivity contribution in [3.05, 3.63) is 0 Å². The summed E-state index contributed by atoms with van der Waals surface area (Å²) in [7, 11) is -1.11. The molecule has 0 spiro atoms. The average molecular weight is 488 g/mol. The molecule has 0 fully saturated rings. The number of rotatable bonds is 24. The molecule has 0 aliphatic carbocycles. The summed E-state index contributed by atoms with van der Waals surface area (Å²) >= 11 is 0. The van der Waals surface area contributed by atoms with Crippen LogP contribution in [-0.2, 0) is 28.3 Å².